The predicted molar refractivity (Wildman–Crippen MR) is 165 cm³/mol. The molecule has 0 bridgehead atoms. The van der Waals surface area contributed by atoms with Crippen molar-refractivity contribution in [1.29, 1.82) is 5.26 Å². The summed E-state index contributed by atoms with van der Waals surface area (Å²) in [5, 5.41) is 26.5. The number of hydrogen-bond acceptors (Lipinski definition) is 8. The first-order valence-corrected chi connectivity index (χ1v) is 14.9. The molecule has 0 radical (unpaired) electrons. The minimum atomic E-state index is -0.691. The number of nitro benzene ring substituents is 1. The Kier molecular flexibility index (Phi) is 8.85. The van der Waals surface area contributed by atoms with Crippen LogP contribution in [0, 0.1) is 21.4 Å². The number of anilines is 2. The van der Waals surface area contributed by atoms with Gasteiger partial charge in [-0.25, -0.2) is 0 Å². The van der Waals surface area contributed by atoms with E-state index in [0.29, 0.717) is 40.7 Å². The molecule has 43 heavy (non-hydrogen) atoms. The van der Waals surface area contributed by atoms with E-state index in [0.717, 1.165) is 16.0 Å². The van der Waals surface area contributed by atoms with Crippen molar-refractivity contribution in [2.45, 2.75) is 30.0 Å². The van der Waals surface area contributed by atoms with Crippen molar-refractivity contribution in [1.82, 2.24) is 4.90 Å². The van der Waals surface area contributed by atoms with Gasteiger partial charge in [-0.1, -0.05) is 42.5 Å². The molecule has 1 atom stereocenters. The van der Waals surface area contributed by atoms with Crippen molar-refractivity contribution >= 4 is 57.2 Å². The van der Waals surface area contributed by atoms with Gasteiger partial charge in [0.1, 0.15) is 16.3 Å². The van der Waals surface area contributed by atoms with Crippen molar-refractivity contribution in [3.8, 4) is 6.07 Å². The van der Waals surface area contributed by atoms with E-state index in [1.165, 1.54) is 54.3 Å². The number of nitrogens with zero attached hydrogens (tertiary/aromatic N) is 3. The third kappa shape index (κ3) is 6.74. The maximum Gasteiger partial charge on any atom is 0.270 e. The second kappa shape index (κ2) is 12.9. The average molecular weight is 612 g/mol. The zero-order valence-corrected chi connectivity index (χ0v) is 24.5. The van der Waals surface area contributed by atoms with Gasteiger partial charge in [-0.2, -0.15) is 5.26 Å². The molecule has 0 saturated heterocycles. The molecule has 3 aromatic carbocycles. The summed E-state index contributed by atoms with van der Waals surface area (Å²) in [6.45, 7) is 2.45. The molecular weight excluding hydrogens is 587 g/mol. The highest BCUT2D eigenvalue weighted by Gasteiger charge is 2.29. The first kappa shape index (κ1) is 29.5. The zero-order chi connectivity index (χ0) is 30.5. The summed E-state index contributed by atoms with van der Waals surface area (Å²) in [7, 11) is 0. The molecule has 0 fully saturated rings. The Hall–Kier alpha value is -4.99. The van der Waals surface area contributed by atoms with Crippen molar-refractivity contribution < 1.29 is 19.3 Å². The number of non-ortho nitro benzene ring substituents is 1. The lowest BCUT2D eigenvalue weighted by Crippen LogP contribution is -2.33. The van der Waals surface area contributed by atoms with Crippen LogP contribution in [0.5, 0.6) is 0 Å². The van der Waals surface area contributed by atoms with E-state index in [2.05, 4.69) is 16.7 Å². The molecule has 1 aliphatic rings. The molecule has 2 N–H and O–H groups in total. The Morgan fingerprint density at radius 2 is 1.81 bits per heavy atom. The lowest BCUT2D eigenvalue weighted by atomic mass is 10.0. The van der Waals surface area contributed by atoms with Crippen molar-refractivity contribution in [3.63, 3.8) is 0 Å². The summed E-state index contributed by atoms with van der Waals surface area (Å²) >= 11 is 2.60. The number of amides is 3. The summed E-state index contributed by atoms with van der Waals surface area (Å²) in [5.41, 5.74) is 2.47. The number of nitriles is 1. The summed E-state index contributed by atoms with van der Waals surface area (Å²) in [4.78, 5) is 52.3. The zero-order valence-electron chi connectivity index (χ0n) is 22.9. The average Bonchev–Trinajstić information content (AvgIpc) is 3.36. The number of thioether (sulfide) groups is 1. The highest BCUT2D eigenvalue weighted by molar-refractivity contribution is 8.00. The van der Waals surface area contributed by atoms with E-state index in [9.17, 15) is 29.8 Å². The fraction of sp³-hybridized carbons (Fsp3) is 0.161. The topological polar surface area (TPSA) is 145 Å². The van der Waals surface area contributed by atoms with E-state index in [-0.39, 0.29) is 23.1 Å². The van der Waals surface area contributed by atoms with Crippen LogP contribution in [0.4, 0.5) is 16.4 Å². The van der Waals surface area contributed by atoms with E-state index >= 15 is 0 Å². The van der Waals surface area contributed by atoms with Gasteiger partial charge in [-0.3, -0.25) is 24.5 Å². The maximum atomic E-state index is 13.8. The van der Waals surface area contributed by atoms with Gasteiger partial charge in [-0.15, -0.1) is 23.1 Å². The smallest absolute Gasteiger partial charge is 0.270 e. The minimum Gasteiger partial charge on any atom is -0.337 e. The second-order valence-electron chi connectivity index (χ2n) is 9.70. The number of nitrogens with one attached hydrogen (secondary N) is 2. The van der Waals surface area contributed by atoms with Crippen LogP contribution in [0.3, 0.4) is 0 Å². The van der Waals surface area contributed by atoms with E-state index < -0.39 is 16.1 Å². The molecule has 1 aliphatic heterocycles. The summed E-state index contributed by atoms with van der Waals surface area (Å²) in [5.74, 6) is -0.856. The molecule has 3 amide bonds. The molecule has 4 aromatic rings. The monoisotopic (exact) mass is 611 g/mol. The lowest BCUT2D eigenvalue weighted by molar-refractivity contribution is -0.384. The molecule has 1 aromatic heterocycles. The van der Waals surface area contributed by atoms with Crippen LogP contribution >= 0.6 is 23.1 Å². The molecule has 216 valence electrons. The first-order valence-electron chi connectivity index (χ1n) is 13.2. The molecule has 0 aliphatic carbocycles. The fourth-order valence-corrected chi connectivity index (χ4v) is 7.00. The molecule has 10 nitrogen and oxygen atoms in total. The van der Waals surface area contributed by atoms with Crippen LogP contribution in [0.15, 0.2) is 83.8 Å². The molecular formula is C31H25N5O5S2. The quantitative estimate of drug-likeness (QED) is 0.138. The lowest BCUT2D eigenvalue weighted by Gasteiger charge is -2.25. The van der Waals surface area contributed by atoms with E-state index in [1.54, 1.807) is 23.1 Å². The molecule has 5 rings (SSSR count). The number of rotatable bonds is 8. The van der Waals surface area contributed by atoms with Crippen LogP contribution in [0.1, 0.15) is 44.1 Å². The van der Waals surface area contributed by atoms with E-state index in [1.807, 2.05) is 36.4 Å². The molecule has 0 saturated carbocycles. The first-order chi connectivity index (χ1) is 20.7. The normalized spacial score (nSPS) is 12.9. The Balaban J connectivity index is 1.37. The van der Waals surface area contributed by atoms with Gasteiger partial charge in [0.25, 0.3) is 11.6 Å². The molecule has 12 heteroatoms. The summed E-state index contributed by atoms with van der Waals surface area (Å²) < 4.78 is 0. The standard InChI is InChI=1S/C31H25N5O5S2/c1-19(37)35-14-13-25-26(17-32)31(43-27(25)18-35)34-30(39)28(20-7-3-2-4-8-20)42-24-12-6-10-22(16-24)33-29(38)21-9-5-11-23(15-21)36(40)41/h2-12,15-16,28H,13-14,18H2,1H3,(H,33,38)(H,34,39). The summed E-state index contributed by atoms with van der Waals surface area (Å²) in [6.07, 6.45) is 0.551. The number of thiophene rings is 1. The number of carbonyl (C=O) groups is 3. The van der Waals surface area contributed by atoms with Gasteiger partial charge in [0.15, 0.2) is 0 Å². The van der Waals surface area contributed by atoms with Crippen LogP contribution in [0.25, 0.3) is 0 Å². The largest absolute Gasteiger partial charge is 0.337 e. The Morgan fingerprint density at radius 1 is 1.05 bits per heavy atom. The number of benzene rings is 3. The Bertz CT molecular complexity index is 1770. The Labute approximate surface area is 255 Å². The Morgan fingerprint density at radius 3 is 2.53 bits per heavy atom. The second-order valence-corrected chi connectivity index (χ2v) is 12.0. The maximum absolute atomic E-state index is 13.8. The summed E-state index contributed by atoms with van der Waals surface area (Å²) in [6, 6.07) is 23.9. The number of fused-ring (bicyclic) bond motifs is 1. The van der Waals surface area contributed by atoms with Crippen LogP contribution < -0.4 is 10.6 Å². The van der Waals surface area contributed by atoms with Gasteiger partial charge in [-0.05, 0) is 41.8 Å². The third-order valence-electron chi connectivity index (χ3n) is 6.86. The van der Waals surface area contributed by atoms with Crippen LogP contribution in [0.2, 0.25) is 0 Å². The van der Waals surface area contributed by atoms with Gasteiger partial charge in [0.05, 0.1) is 17.0 Å². The van der Waals surface area contributed by atoms with Gasteiger partial charge < -0.3 is 15.5 Å². The minimum absolute atomic E-state index is 0.0350. The SMILES string of the molecule is CC(=O)N1CCc2c(sc(NC(=O)C(Sc3cccc(NC(=O)c4cccc([N+](=O)[O-])c4)c3)c3ccccc3)c2C#N)C1. The fourth-order valence-electron chi connectivity index (χ4n) is 4.70. The number of carbonyl (C=O) groups excluding carboxylic acids is 3. The predicted octanol–water partition coefficient (Wildman–Crippen LogP) is 6.16. The highest BCUT2D eigenvalue weighted by atomic mass is 32.2. The van der Waals surface area contributed by atoms with Gasteiger partial charge in [0, 0.05) is 46.6 Å². The number of nitro groups is 1. The number of hydrogen-bond donors (Lipinski definition) is 2. The van der Waals surface area contributed by atoms with Crippen molar-refractivity contribution in [3.05, 3.63) is 116 Å². The molecule has 1 unspecified atom stereocenters. The van der Waals surface area contributed by atoms with Crippen LogP contribution in [-0.2, 0) is 22.6 Å². The van der Waals surface area contributed by atoms with Crippen molar-refractivity contribution in [2.24, 2.45) is 0 Å². The van der Waals surface area contributed by atoms with Gasteiger partial charge >= 0.3 is 0 Å². The highest BCUT2D eigenvalue weighted by Crippen LogP contribution is 2.40. The third-order valence-corrected chi connectivity index (χ3v) is 9.24. The van der Waals surface area contributed by atoms with Crippen molar-refractivity contribution in [2.75, 3.05) is 17.2 Å². The molecule has 2 heterocycles. The van der Waals surface area contributed by atoms with E-state index in [4.69, 9.17) is 0 Å². The van der Waals surface area contributed by atoms with Gasteiger partial charge in [0.2, 0.25) is 11.8 Å². The van der Waals surface area contributed by atoms with Crippen LogP contribution in [-0.4, -0.2) is 34.1 Å². The molecule has 0 spiro atoms.